The molecule has 0 radical (unpaired) electrons. The van der Waals surface area contributed by atoms with Gasteiger partial charge in [0.05, 0.1) is 14.2 Å². The van der Waals surface area contributed by atoms with Gasteiger partial charge in [-0.3, -0.25) is 0 Å². The maximum atomic E-state index is 5.48. The van der Waals surface area contributed by atoms with E-state index in [1.54, 1.807) is 14.2 Å². The smallest absolute Gasteiger partial charge is 0.140 e. The molecule has 0 saturated heterocycles. The fraction of sp³-hybridized carbons (Fsp3) is 0.571. The van der Waals surface area contributed by atoms with Crippen LogP contribution < -0.4 is 14.8 Å². The van der Waals surface area contributed by atoms with E-state index in [2.05, 4.69) is 41.2 Å². The normalized spacial score (nSPS) is 12.3. The largest absolute Gasteiger partial charge is 0.495 e. The molecule has 18 heavy (non-hydrogen) atoms. The molecule has 4 heteroatoms. The first kappa shape index (κ1) is 15.3. The zero-order valence-electron chi connectivity index (χ0n) is 11.5. The molecular formula is C14H22BrNO2. The Balaban J connectivity index is 2.85. The first-order valence-corrected chi connectivity index (χ1v) is 7.03. The van der Waals surface area contributed by atoms with Gasteiger partial charge in [0.25, 0.3) is 0 Å². The van der Waals surface area contributed by atoms with E-state index in [4.69, 9.17) is 9.47 Å². The average Bonchev–Trinajstić information content (AvgIpc) is 2.37. The number of ether oxygens (including phenoxy) is 2. The second-order valence-electron chi connectivity index (χ2n) is 4.39. The summed E-state index contributed by atoms with van der Waals surface area (Å²) in [7, 11) is 3.35. The lowest BCUT2D eigenvalue weighted by Crippen LogP contribution is -2.22. The number of benzene rings is 1. The zero-order chi connectivity index (χ0) is 13.5. The summed E-state index contributed by atoms with van der Waals surface area (Å²) in [6.45, 7) is 6.38. The van der Waals surface area contributed by atoms with E-state index in [0.717, 1.165) is 35.5 Å². The van der Waals surface area contributed by atoms with Gasteiger partial charge in [-0.25, -0.2) is 0 Å². The summed E-state index contributed by atoms with van der Waals surface area (Å²) in [6, 6.07) is 4.05. The Morgan fingerprint density at radius 1 is 1.28 bits per heavy atom. The van der Waals surface area contributed by atoms with Crippen molar-refractivity contribution in [3.63, 3.8) is 0 Å². The van der Waals surface area contributed by atoms with Crippen molar-refractivity contribution in [2.75, 3.05) is 27.3 Å². The lowest BCUT2D eigenvalue weighted by atomic mass is 10.00. The Morgan fingerprint density at radius 3 is 2.56 bits per heavy atom. The highest BCUT2D eigenvalue weighted by atomic mass is 79.9. The molecule has 0 spiro atoms. The van der Waals surface area contributed by atoms with Crippen LogP contribution in [0.15, 0.2) is 16.6 Å². The Hall–Kier alpha value is -0.740. The Labute approximate surface area is 118 Å². The third kappa shape index (κ3) is 3.89. The summed E-state index contributed by atoms with van der Waals surface area (Å²) in [5.41, 5.74) is 1.20. The van der Waals surface area contributed by atoms with Gasteiger partial charge >= 0.3 is 0 Å². The van der Waals surface area contributed by atoms with Crippen molar-refractivity contribution < 1.29 is 9.47 Å². The SMILES string of the molecule is CCNCC(C)Cc1ccc(OC)c(Br)c1OC. The van der Waals surface area contributed by atoms with Crippen LogP contribution in [-0.2, 0) is 6.42 Å². The van der Waals surface area contributed by atoms with E-state index in [0.29, 0.717) is 5.92 Å². The molecule has 0 heterocycles. The topological polar surface area (TPSA) is 30.5 Å². The van der Waals surface area contributed by atoms with Crippen molar-refractivity contribution in [1.82, 2.24) is 5.32 Å². The minimum atomic E-state index is 0.569. The summed E-state index contributed by atoms with van der Waals surface area (Å²) in [6.07, 6.45) is 0.985. The van der Waals surface area contributed by atoms with Crippen LogP contribution in [0.1, 0.15) is 19.4 Å². The molecule has 102 valence electrons. The van der Waals surface area contributed by atoms with Crippen LogP contribution in [0, 0.1) is 5.92 Å². The predicted molar refractivity (Wildman–Crippen MR) is 78.7 cm³/mol. The van der Waals surface area contributed by atoms with Crippen LogP contribution >= 0.6 is 15.9 Å². The molecule has 1 atom stereocenters. The van der Waals surface area contributed by atoms with E-state index < -0.39 is 0 Å². The van der Waals surface area contributed by atoms with Crippen molar-refractivity contribution in [2.45, 2.75) is 20.3 Å². The fourth-order valence-corrected chi connectivity index (χ4v) is 2.67. The maximum absolute atomic E-state index is 5.48. The van der Waals surface area contributed by atoms with Crippen LogP contribution in [0.4, 0.5) is 0 Å². The number of halogens is 1. The zero-order valence-corrected chi connectivity index (χ0v) is 13.1. The van der Waals surface area contributed by atoms with E-state index in [1.807, 2.05) is 6.07 Å². The van der Waals surface area contributed by atoms with Crippen molar-refractivity contribution >= 4 is 15.9 Å². The number of hydrogen-bond donors (Lipinski definition) is 1. The highest BCUT2D eigenvalue weighted by Crippen LogP contribution is 2.37. The lowest BCUT2D eigenvalue weighted by Gasteiger charge is -2.17. The standard InChI is InChI=1S/C14H22BrNO2/c1-5-16-9-10(2)8-11-6-7-12(17-3)13(15)14(11)18-4/h6-7,10,16H,5,8-9H2,1-4H3. The molecule has 0 saturated carbocycles. The molecule has 0 fully saturated rings. The van der Waals surface area contributed by atoms with Crippen LogP contribution in [0.25, 0.3) is 0 Å². The van der Waals surface area contributed by atoms with Gasteiger partial charge < -0.3 is 14.8 Å². The molecule has 0 bridgehead atoms. The van der Waals surface area contributed by atoms with Crippen molar-refractivity contribution in [2.24, 2.45) is 5.92 Å². The van der Waals surface area contributed by atoms with E-state index in [-0.39, 0.29) is 0 Å². The number of hydrogen-bond acceptors (Lipinski definition) is 3. The molecule has 0 aliphatic carbocycles. The third-order valence-electron chi connectivity index (χ3n) is 2.88. The van der Waals surface area contributed by atoms with Gasteiger partial charge in [-0.15, -0.1) is 0 Å². The molecular weight excluding hydrogens is 294 g/mol. The van der Waals surface area contributed by atoms with Crippen LogP contribution in [0.2, 0.25) is 0 Å². The van der Waals surface area contributed by atoms with Crippen molar-refractivity contribution in [3.05, 3.63) is 22.2 Å². The fourth-order valence-electron chi connectivity index (χ4n) is 1.96. The first-order valence-electron chi connectivity index (χ1n) is 6.24. The predicted octanol–water partition coefficient (Wildman–Crippen LogP) is 3.25. The van der Waals surface area contributed by atoms with Crippen molar-refractivity contribution in [3.8, 4) is 11.5 Å². The molecule has 0 aliphatic heterocycles. The maximum Gasteiger partial charge on any atom is 0.140 e. The Morgan fingerprint density at radius 2 is 2.00 bits per heavy atom. The van der Waals surface area contributed by atoms with Gasteiger partial charge in [0, 0.05) is 0 Å². The summed E-state index contributed by atoms with van der Waals surface area (Å²) < 4.78 is 11.6. The van der Waals surface area contributed by atoms with Gasteiger partial charge in [0.2, 0.25) is 0 Å². The summed E-state index contributed by atoms with van der Waals surface area (Å²) in [5, 5.41) is 3.37. The minimum absolute atomic E-state index is 0.569. The van der Waals surface area contributed by atoms with E-state index >= 15 is 0 Å². The molecule has 0 aromatic heterocycles. The second kappa shape index (κ2) is 7.64. The van der Waals surface area contributed by atoms with Gasteiger partial charge in [0.1, 0.15) is 16.0 Å². The molecule has 0 aliphatic rings. The lowest BCUT2D eigenvalue weighted by molar-refractivity contribution is 0.383. The molecule has 3 nitrogen and oxygen atoms in total. The first-order chi connectivity index (χ1) is 8.63. The summed E-state index contributed by atoms with van der Waals surface area (Å²) in [5.74, 6) is 2.24. The van der Waals surface area contributed by atoms with Crippen LogP contribution in [-0.4, -0.2) is 27.3 Å². The quantitative estimate of drug-likeness (QED) is 0.837. The molecule has 1 unspecified atom stereocenters. The number of rotatable bonds is 7. The van der Waals surface area contributed by atoms with Gasteiger partial charge in [-0.05, 0) is 53.0 Å². The highest BCUT2D eigenvalue weighted by Gasteiger charge is 2.14. The molecule has 1 aromatic rings. The van der Waals surface area contributed by atoms with Crippen LogP contribution in [0.3, 0.4) is 0 Å². The average molecular weight is 316 g/mol. The molecule has 1 aromatic carbocycles. The Kier molecular flexibility index (Phi) is 6.50. The third-order valence-corrected chi connectivity index (χ3v) is 3.63. The number of methoxy groups -OCH3 is 2. The van der Waals surface area contributed by atoms with Gasteiger partial charge in [-0.2, -0.15) is 0 Å². The summed E-state index contributed by atoms with van der Waals surface area (Å²) in [4.78, 5) is 0. The monoisotopic (exact) mass is 315 g/mol. The minimum Gasteiger partial charge on any atom is -0.495 e. The van der Waals surface area contributed by atoms with Gasteiger partial charge in [-0.1, -0.05) is 19.9 Å². The highest BCUT2D eigenvalue weighted by molar-refractivity contribution is 9.10. The van der Waals surface area contributed by atoms with E-state index in [9.17, 15) is 0 Å². The number of nitrogens with one attached hydrogen (secondary N) is 1. The molecule has 0 amide bonds. The van der Waals surface area contributed by atoms with Gasteiger partial charge in [0.15, 0.2) is 0 Å². The second-order valence-corrected chi connectivity index (χ2v) is 5.18. The van der Waals surface area contributed by atoms with Crippen LogP contribution in [0.5, 0.6) is 11.5 Å². The summed E-state index contributed by atoms with van der Waals surface area (Å²) >= 11 is 3.53. The molecule has 1 N–H and O–H groups in total. The molecule has 1 rings (SSSR count). The van der Waals surface area contributed by atoms with Crippen molar-refractivity contribution in [1.29, 1.82) is 0 Å². The van der Waals surface area contributed by atoms with E-state index in [1.165, 1.54) is 5.56 Å². The Bertz CT molecular complexity index is 382.